The van der Waals surface area contributed by atoms with Gasteiger partial charge in [0, 0.05) is 25.1 Å². The minimum absolute atomic E-state index is 0.00224. The number of hydrogen-bond donors (Lipinski definition) is 1. The zero-order valence-corrected chi connectivity index (χ0v) is 16.9. The molecule has 0 unspecified atom stereocenters. The fourth-order valence-corrected chi connectivity index (χ4v) is 4.72. The van der Waals surface area contributed by atoms with Crippen molar-refractivity contribution in [2.75, 3.05) is 25.5 Å². The summed E-state index contributed by atoms with van der Waals surface area (Å²) < 4.78 is 44.8. The van der Waals surface area contributed by atoms with Crippen LogP contribution >= 0.6 is 0 Å². The SMILES string of the molecule is COc1cc([N+](=O)[O-])ccc1NC(=O)C1CCN(S(=O)(=O)c2ccc(F)cc2)CC1. The van der Waals surface area contributed by atoms with Crippen LogP contribution in [0.5, 0.6) is 5.75 Å². The monoisotopic (exact) mass is 437 g/mol. The highest BCUT2D eigenvalue weighted by molar-refractivity contribution is 7.89. The van der Waals surface area contributed by atoms with Gasteiger partial charge in [0.15, 0.2) is 0 Å². The second kappa shape index (κ2) is 8.76. The molecular weight excluding hydrogens is 417 g/mol. The number of benzene rings is 2. The average molecular weight is 437 g/mol. The zero-order valence-electron chi connectivity index (χ0n) is 16.1. The number of piperidine rings is 1. The number of nitro groups is 1. The largest absolute Gasteiger partial charge is 0.494 e. The molecular formula is C19H20FN3O6S. The highest BCUT2D eigenvalue weighted by Gasteiger charge is 2.32. The molecule has 1 aliphatic heterocycles. The van der Waals surface area contributed by atoms with Crippen molar-refractivity contribution < 1.29 is 27.3 Å². The van der Waals surface area contributed by atoms with Crippen molar-refractivity contribution in [3.63, 3.8) is 0 Å². The third-order valence-corrected chi connectivity index (χ3v) is 6.84. The van der Waals surface area contributed by atoms with Gasteiger partial charge in [-0.2, -0.15) is 4.31 Å². The number of carbonyl (C=O) groups is 1. The first-order valence-corrected chi connectivity index (χ1v) is 10.6. The summed E-state index contributed by atoms with van der Waals surface area (Å²) in [6.07, 6.45) is 0.614. The van der Waals surface area contributed by atoms with Gasteiger partial charge in [0.25, 0.3) is 5.69 Å². The van der Waals surface area contributed by atoms with Crippen LogP contribution in [0.1, 0.15) is 12.8 Å². The summed E-state index contributed by atoms with van der Waals surface area (Å²) in [5.41, 5.74) is 0.138. The molecule has 0 atom stereocenters. The van der Waals surface area contributed by atoms with Crippen molar-refractivity contribution in [3.05, 3.63) is 58.4 Å². The predicted molar refractivity (Wildman–Crippen MR) is 106 cm³/mol. The van der Waals surface area contributed by atoms with E-state index < -0.39 is 26.7 Å². The summed E-state index contributed by atoms with van der Waals surface area (Å²) in [4.78, 5) is 22.9. The minimum atomic E-state index is -3.76. The fourth-order valence-electron chi connectivity index (χ4n) is 3.25. The molecule has 9 nitrogen and oxygen atoms in total. The number of nitro benzene ring substituents is 1. The Labute approximate surface area is 172 Å². The molecule has 0 spiro atoms. The van der Waals surface area contributed by atoms with E-state index in [9.17, 15) is 27.7 Å². The normalized spacial score (nSPS) is 15.5. The molecule has 0 aromatic heterocycles. The van der Waals surface area contributed by atoms with E-state index in [1.165, 1.54) is 41.7 Å². The average Bonchev–Trinajstić information content (AvgIpc) is 2.74. The van der Waals surface area contributed by atoms with Crippen molar-refractivity contribution in [2.45, 2.75) is 17.7 Å². The summed E-state index contributed by atoms with van der Waals surface area (Å²) in [5, 5.41) is 13.6. The molecule has 30 heavy (non-hydrogen) atoms. The number of nitrogens with zero attached hydrogens (tertiary/aromatic N) is 2. The number of halogens is 1. The molecule has 1 fully saturated rings. The standard InChI is InChI=1S/C19H20FN3O6S/c1-29-18-12-15(23(25)26)4-7-17(18)21-19(24)13-8-10-22(11-9-13)30(27,28)16-5-2-14(20)3-6-16/h2-7,12-13H,8-11H2,1H3,(H,21,24). The van der Waals surface area contributed by atoms with E-state index in [0.29, 0.717) is 18.5 Å². The van der Waals surface area contributed by atoms with Gasteiger partial charge in [0.2, 0.25) is 15.9 Å². The van der Waals surface area contributed by atoms with Crippen molar-refractivity contribution in [3.8, 4) is 5.75 Å². The Morgan fingerprint density at radius 1 is 1.20 bits per heavy atom. The number of sulfonamides is 1. The summed E-state index contributed by atoms with van der Waals surface area (Å²) in [6, 6.07) is 8.47. The van der Waals surface area contributed by atoms with Gasteiger partial charge < -0.3 is 10.1 Å². The van der Waals surface area contributed by atoms with Gasteiger partial charge in [0.05, 0.1) is 28.7 Å². The highest BCUT2D eigenvalue weighted by atomic mass is 32.2. The molecule has 160 valence electrons. The van der Waals surface area contributed by atoms with Crippen LogP contribution in [0, 0.1) is 21.8 Å². The first-order valence-electron chi connectivity index (χ1n) is 9.11. The molecule has 0 saturated carbocycles. The van der Waals surface area contributed by atoms with Gasteiger partial charge in [-0.3, -0.25) is 14.9 Å². The lowest BCUT2D eigenvalue weighted by Crippen LogP contribution is -2.41. The molecule has 1 heterocycles. The van der Waals surface area contributed by atoms with Gasteiger partial charge in [-0.25, -0.2) is 12.8 Å². The number of methoxy groups -OCH3 is 1. The molecule has 0 radical (unpaired) electrons. The van der Waals surface area contributed by atoms with Crippen LogP contribution < -0.4 is 10.1 Å². The van der Waals surface area contributed by atoms with Gasteiger partial charge in [-0.05, 0) is 43.2 Å². The molecule has 1 saturated heterocycles. The maximum atomic E-state index is 13.1. The number of anilines is 1. The Kier molecular flexibility index (Phi) is 6.32. The second-order valence-corrected chi connectivity index (χ2v) is 8.70. The molecule has 1 N–H and O–H groups in total. The first kappa shape index (κ1) is 21.7. The molecule has 0 bridgehead atoms. The third-order valence-electron chi connectivity index (χ3n) is 4.93. The Balaban J connectivity index is 1.64. The van der Waals surface area contributed by atoms with Gasteiger partial charge >= 0.3 is 0 Å². The molecule has 0 aliphatic carbocycles. The molecule has 1 amide bonds. The minimum Gasteiger partial charge on any atom is -0.494 e. The van der Waals surface area contributed by atoms with E-state index in [0.717, 1.165) is 12.1 Å². The maximum absolute atomic E-state index is 13.1. The Morgan fingerprint density at radius 2 is 1.83 bits per heavy atom. The summed E-state index contributed by atoms with van der Waals surface area (Å²) in [5.74, 6) is -1.11. The van der Waals surface area contributed by atoms with Crippen LogP contribution in [-0.2, 0) is 14.8 Å². The van der Waals surface area contributed by atoms with Crippen LogP contribution in [0.3, 0.4) is 0 Å². The number of hydrogen-bond acceptors (Lipinski definition) is 6. The van der Waals surface area contributed by atoms with Crippen molar-refractivity contribution in [1.29, 1.82) is 0 Å². The van der Waals surface area contributed by atoms with E-state index >= 15 is 0 Å². The third kappa shape index (κ3) is 4.57. The van der Waals surface area contributed by atoms with Crippen LogP contribution in [0.2, 0.25) is 0 Å². The van der Waals surface area contributed by atoms with Crippen molar-refractivity contribution in [1.82, 2.24) is 4.31 Å². The van der Waals surface area contributed by atoms with E-state index in [-0.39, 0.29) is 35.3 Å². The maximum Gasteiger partial charge on any atom is 0.273 e. The molecule has 11 heteroatoms. The smallest absolute Gasteiger partial charge is 0.273 e. The number of rotatable bonds is 6. The van der Waals surface area contributed by atoms with Crippen LogP contribution in [-0.4, -0.2) is 43.8 Å². The van der Waals surface area contributed by atoms with E-state index in [1.54, 1.807) is 0 Å². The Hall–Kier alpha value is -3.05. The van der Waals surface area contributed by atoms with Crippen molar-refractivity contribution in [2.24, 2.45) is 5.92 Å². The molecule has 1 aliphatic rings. The van der Waals surface area contributed by atoms with E-state index in [1.807, 2.05) is 0 Å². The van der Waals surface area contributed by atoms with Gasteiger partial charge in [0.1, 0.15) is 11.6 Å². The first-order chi connectivity index (χ1) is 14.2. The zero-order chi connectivity index (χ0) is 21.9. The Morgan fingerprint density at radius 3 is 2.40 bits per heavy atom. The quantitative estimate of drug-likeness (QED) is 0.548. The molecule has 2 aromatic rings. The number of nitrogens with one attached hydrogen (secondary N) is 1. The Bertz CT molecular complexity index is 1050. The summed E-state index contributed by atoms with van der Waals surface area (Å²) in [7, 11) is -2.42. The lowest BCUT2D eigenvalue weighted by atomic mass is 9.97. The number of non-ortho nitro benzene ring substituents is 1. The number of carbonyl (C=O) groups excluding carboxylic acids is 1. The van der Waals surface area contributed by atoms with Crippen molar-refractivity contribution >= 4 is 27.3 Å². The van der Waals surface area contributed by atoms with E-state index in [2.05, 4.69) is 5.32 Å². The molecule has 2 aromatic carbocycles. The second-order valence-electron chi connectivity index (χ2n) is 6.76. The topological polar surface area (TPSA) is 119 Å². The molecule has 3 rings (SSSR count). The highest BCUT2D eigenvalue weighted by Crippen LogP contribution is 2.31. The summed E-state index contributed by atoms with van der Waals surface area (Å²) in [6.45, 7) is 0.296. The van der Waals surface area contributed by atoms with Crippen LogP contribution in [0.4, 0.5) is 15.8 Å². The van der Waals surface area contributed by atoms with E-state index in [4.69, 9.17) is 4.74 Å². The number of ether oxygens (including phenoxy) is 1. The van der Waals surface area contributed by atoms with Gasteiger partial charge in [-0.15, -0.1) is 0 Å². The number of amides is 1. The van der Waals surface area contributed by atoms with Crippen LogP contribution in [0.25, 0.3) is 0 Å². The lowest BCUT2D eigenvalue weighted by Gasteiger charge is -2.30. The van der Waals surface area contributed by atoms with Crippen LogP contribution in [0.15, 0.2) is 47.4 Å². The summed E-state index contributed by atoms with van der Waals surface area (Å²) >= 11 is 0. The fraction of sp³-hybridized carbons (Fsp3) is 0.316. The predicted octanol–water partition coefficient (Wildman–Crippen LogP) is 2.78. The van der Waals surface area contributed by atoms with Gasteiger partial charge in [-0.1, -0.05) is 0 Å². The lowest BCUT2D eigenvalue weighted by molar-refractivity contribution is -0.384.